The van der Waals surface area contributed by atoms with Crippen LogP contribution in [0.1, 0.15) is 101 Å². The van der Waals surface area contributed by atoms with Crippen LogP contribution < -0.4 is 0 Å². The second-order valence-electron chi connectivity index (χ2n) is 13.8. The van der Waals surface area contributed by atoms with Gasteiger partial charge in [-0.25, -0.2) is 0 Å². The highest BCUT2D eigenvalue weighted by molar-refractivity contribution is 5.29. The van der Waals surface area contributed by atoms with Crippen molar-refractivity contribution in [1.29, 1.82) is 0 Å². The first-order chi connectivity index (χ1) is 15.8. The van der Waals surface area contributed by atoms with Crippen molar-refractivity contribution in [3.05, 3.63) is 34.9 Å². The van der Waals surface area contributed by atoms with Crippen molar-refractivity contribution in [2.24, 2.45) is 0 Å². The van der Waals surface area contributed by atoms with E-state index in [9.17, 15) is 0 Å². The number of nitrogens with zero attached hydrogens (tertiary/aromatic N) is 3. The molecule has 3 nitrogen and oxygen atoms in total. The molecule has 0 heterocycles. The van der Waals surface area contributed by atoms with Crippen LogP contribution in [0, 0.1) is 0 Å². The summed E-state index contributed by atoms with van der Waals surface area (Å²) in [4.78, 5) is 0. The Hall–Kier alpha value is -0.900. The minimum Gasteiger partial charge on any atom is -0.327 e. The molecule has 0 N–H and O–H groups in total. The van der Waals surface area contributed by atoms with Gasteiger partial charge in [-0.2, -0.15) is 0 Å². The Morgan fingerprint density at radius 3 is 1.12 bits per heavy atom. The molecule has 0 saturated heterocycles. The Labute approximate surface area is 214 Å². The van der Waals surface area contributed by atoms with Gasteiger partial charge < -0.3 is 13.4 Å². The van der Waals surface area contributed by atoms with Crippen LogP contribution in [0.25, 0.3) is 0 Å². The van der Waals surface area contributed by atoms with Crippen molar-refractivity contribution >= 4 is 0 Å². The Kier molecular flexibility index (Phi) is 14.0. The maximum absolute atomic E-state index is 2.48. The second kappa shape index (κ2) is 15.3. The fourth-order valence-corrected chi connectivity index (χ4v) is 5.16. The van der Waals surface area contributed by atoms with Gasteiger partial charge in [-0.05, 0) is 31.0 Å². The van der Waals surface area contributed by atoms with Crippen LogP contribution in [-0.2, 0) is 19.6 Å². The third kappa shape index (κ3) is 16.7. The molecule has 1 aromatic carbocycles. The lowest BCUT2D eigenvalue weighted by atomic mass is 10.0. The van der Waals surface area contributed by atoms with Gasteiger partial charge in [0.25, 0.3) is 0 Å². The van der Waals surface area contributed by atoms with Crippen molar-refractivity contribution in [3.63, 3.8) is 0 Å². The first kappa shape index (κ1) is 31.1. The SMILES string of the molecule is CCCCCCCCCCCCCC[N+](C)(C)Cc1cc(C[N+](C)(C)C)cc(C[N+](C)(C)C)c1. The number of benzene rings is 1. The molecule has 0 bridgehead atoms. The summed E-state index contributed by atoms with van der Waals surface area (Å²) in [6.45, 7) is 6.89. The summed E-state index contributed by atoms with van der Waals surface area (Å²) in [5, 5.41) is 0. The van der Waals surface area contributed by atoms with E-state index in [-0.39, 0.29) is 0 Å². The first-order valence-electron chi connectivity index (χ1n) is 14.3. The van der Waals surface area contributed by atoms with Crippen LogP contribution in [-0.4, -0.2) is 76.4 Å². The van der Waals surface area contributed by atoms with E-state index in [1.165, 1.54) is 100 Å². The number of hydrogen-bond donors (Lipinski definition) is 0. The molecule has 1 rings (SSSR count). The predicted octanol–water partition coefficient (Wildman–Crippen LogP) is 7.38. The third-order valence-electron chi connectivity index (χ3n) is 6.65. The monoisotopic (exact) mass is 476 g/mol. The van der Waals surface area contributed by atoms with Gasteiger partial charge in [-0.1, -0.05) is 71.1 Å². The van der Waals surface area contributed by atoms with Crippen molar-refractivity contribution in [3.8, 4) is 0 Å². The molecule has 198 valence electrons. The van der Waals surface area contributed by atoms with Crippen LogP contribution in [0.2, 0.25) is 0 Å². The molecular weight excluding hydrogens is 414 g/mol. The number of quaternary nitrogens is 3. The topological polar surface area (TPSA) is 0 Å². The van der Waals surface area contributed by atoms with Crippen LogP contribution in [0.3, 0.4) is 0 Å². The summed E-state index contributed by atoms with van der Waals surface area (Å²) in [6, 6.07) is 7.40. The van der Waals surface area contributed by atoms with Crippen LogP contribution in [0.4, 0.5) is 0 Å². The molecule has 34 heavy (non-hydrogen) atoms. The molecular formula is C31H62N3+3. The lowest BCUT2D eigenvalue weighted by Gasteiger charge is -2.31. The summed E-state index contributed by atoms with van der Waals surface area (Å²) < 4.78 is 3.05. The number of hydrogen-bond acceptors (Lipinski definition) is 0. The summed E-state index contributed by atoms with van der Waals surface area (Å²) >= 11 is 0. The molecule has 0 atom stereocenters. The molecule has 0 fully saturated rings. The fraction of sp³-hybridized carbons (Fsp3) is 0.806. The fourth-order valence-electron chi connectivity index (χ4n) is 5.16. The molecule has 0 saturated carbocycles. The summed E-state index contributed by atoms with van der Waals surface area (Å²) in [5.74, 6) is 0. The largest absolute Gasteiger partial charge is 0.327 e. The normalized spacial score (nSPS) is 13.0. The Morgan fingerprint density at radius 2 is 0.765 bits per heavy atom. The van der Waals surface area contributed by atoms with Crippen molar-refractivity contribution in [2.75, 3.05) is 62.9 Å². The maximum Gasteiger partial charge on any atom is 0.104 e. The van der Waals surface area contributed by atoms with Crippen molar-refractivity contribution < 1.29 is 13.4 Å². The maximum atomic E-state index is 2.48. The van der Waals surface area contributed by atoms with E-state index in [1.807, 2.05) is 0 Å². The van der Waals surface area contributed by atoms with E-state index in [4.69, 9.17) is 0 Å². The van der Waals surface area contributed by atoms with E-state index in [1.54, 1.807) is 0 Å². The molecule has 0 aliphatic heterocycles. The van der Waals surface area contributed by atoms with Gasteiger partial charge in [-0.3, -0.25) is 0 Å². The highest BCUT2D eigenvalue weighted by atomic mass is 15.3. The number of rotatable bonds is 19. The van der Waals surface area contributed by atoms with Gasteiger partial charge in [0.2, 0.25) is 0 Å². The minimum absolute atomic E-state index is 0.977. The summed E-state index contributed by atoms with van der Waals surface area (Å²) in [5.41, 5.74) is 4.48. The average molecular weight is 477 g/mol. The highest BCUT2D eigenvalue weighted by Gasteiger charge is 2.19. The zero-order valence-corrected chi connectivity index (χ0v) is 24.9. The van der Waals surface area contributed by atoms with Gasteiger partial charge in [-0.15, -0.1) is 0 Å². The Morgan fingerprint density at radius 1 is 0.441 bits per heavy atom. The molecule has 0 aromatic heterocycles. The molecule has 0 radical (unpaired) electrons. The Balaban J connectivity index is 2.45. The van der Waals surface area contributed by atoms with Gasteiger partial charge in [0.15, 0.2) is 0 Å². The molecule has 0 aliphatic rings. The second-order valence-corrected chi connectivity index (χ2v) is 13.8. The molecule has 0 amide bonds. The molecule has 1 aromatic rings. The summed E-state index contributed by atoms with van der Waals surface area (Å²) in [7, 11) is 18.6. The van der Waals surface area contributed by atoms with E-state index in [0.717, 1.165) is 33.1 Å². The molecule has 0 unspecified atom stereocenters. The molecule has 0 spiro atoms. The lowest BCUT2D eigenvalue weighted by molar-refractivity contribution is -0.903. The van der Waals surface area contributed by atoms with E-state index in [2.05, 4.69) is 81.5 Å². The van der Waals surface area contributed by atoms with Crippen LogP contribution in [0.5, 0.6) is 0 Å². The third-order valence-corrected chi connectivity index (χ3v) is 6.65. The zero-order valence-electron chi connectivity index (χ0n) is 24.9. The highest BCUT2D eigenvalue weighted by Crippen LogP contribution is 2.20. The minimum atomic E-state index is 0.977. The van der Waals surface area contributed by atoms with Gasteiger partial charge in [0, 0.05) is 16.7 Å². The van der Waals surface area contributed by atoms with Crippen molar-refractivity contribution in [1.82, 2.24) is 0 Å². The lowest BCUT2D eigenvalue weighted by Crippen LogP contribution is -2.40. The predicted molar refractivity (Wildman–Crippen MR) is 152 cm³/mol. The van der Waals surface area contributed by atoms with Gasteiger partial charge >= 0.3 is 0 Å². The molecule has 3 heteroatoms. The quantitative estimate of drug-likeness (QED) is 0.144. The summed E-state index contributed by atoms with van der Waals surface area (Å²) in [6.07, 6.45) is 17.1. The standard InChI is InChI=1S/C31H62N3/c1-10-11-12-13-14-15-16-17-18-19-20-21-22-34(8,9)28-31-24-29(26-32(2,3)4)23-30(25-31)27-33(5,6)7/h23-25H,10-22,26-28H2,1-9H3/q+3. The van der Waals surface area contributed by atoms with E-state index >= 15 is 0 Å². The van der Waals surface area contributed by atoms with Crippen molar-refractivity contribution in [2.45, 2.75) is 104 Å². The molecule has 0 aliphatic carbocycles. The van der Waals surface area contributed by atoms with E-state index < -0.39 is 0 Å². The van der Waals surface area contributed by atoms with Crippen LogP contribution >= 0.6 is 0 Å². The average Bonchev–Trinajstić information content (AvgIpc) is 2.65. The first-order valence-corrected chi connectivity index (χ1v) is 14.3. The van der Waals surface area contributed by atoms with Crippen LogP contribution in [0.15, 0.2) is 18.2 Å². The number of unbranched alkanes of at least 4 members (excludes halogenated alkanes) is 11. The van der Waals surface area contributed by atoms with Gasteiger partial charge in [0.05, 0.1) is 62.9 Å². The smallest absolute Gasteiger partial charge is 0.104 e. The van der Waals surface area contributed by atoms with E-state index in [0.29, 0.717) is 0 Å². The Bertz CT molecular complexity index is 630. The van der Waals surface area contributed by atoms with Gasteiger partial charge in [0.1, 0.15) is 19.6 Å². The zero-order chi connectivity index (χ0) is 25.7.